The Morgan fingerprint density at radius 3 is 2.16 bits per heavy atom. The van der Waals surface area contributed by atoms with E-state index in [4.69, 9.17) is 16.3 Å². The Kier molecular flexibility index (Phi) is 5.36. The second-order valence-electron chi connectivity index (χ2n) is 8.26. The maximum absolute atomic E-state index is 14.0. The van der Waals surface area contributed by atoms with Crippen molar-refractivity contribution in [2.45, 2.75) is 25.2 Å². The van der Waals surface area contributed by atoms with Gasteiger partial charge in [0.05, 0.1) is 12.0 Å². The molecule has 0 radical (unpaired) electrons. The highest BCUT2D eigenvalue weighted by molar-refractivity contribution is 6.30. The van der Waals surface area contributed by atoms with Crippen LogP contribution in [0.1, 0.15) is 23.6 Å². The average Bonchev–Trinajstić information content (AvgIpc) is 3.22. The van der Waals surface area contributed by atoms with Gasteiger partial charge >= 0.3 is 0 Å². The van der Waals surface area contributed by atoms with Gasteiger partial charge in [-0.2, -0.15) is 0 Å². The second-order valence-corrected chi connectivity index (χ2v) is 8.69. The zero-order chi connectivity index (χ0) is 22.1. The molecular weight excluding hydrogens is 418 g/mol. The molecule has 1 aliphatic rings. The molecule has 160 valence electrons. The van der Waals surface area contributed by atoms with E-state index in [1.165, 1.54) is 11.1 Å². The summed E-state index contributed by atoms with van der Waals surface area (Å²) in [5, 5.41) is 5.88. The van der Waals surface area contributed by atoms with Crippen molar-refractivity contribution in [1.82, 2.24) is 0 Å². The normalized spacial score (nSPS) is 14.2. The van der Waals surface area contributed by atoms with E-state index < -0.39 is 5.41 Å². The van der Waals surface area contributed by atoms with Crippen molar-refractivity contribution in [3.05, 3.63) is 107 Å². The summed E-state index contributed by atoms with van der Waals surface area (Å²) in [5.74, 6) is 0.812. The van der Waals surface area contributed by atoms with Crippen LogP contribution in [-0.2, 0) is 23.1 Å². The number of hydrogen-bond acceptors (Lipinski definition) is 2. The van der Waals surface area contributed by atoms with Gasteiger partial charge in [0.15, 0.2) is 0 Å². The third-order valence-electron chi connectivity index (χ3n) is 6.37. The Hall–Kier alpha value is -3.30. The van der Waals surface area contributed by atoms with Gasteiger partial charge in [0.2, 0.25) is 5.91 Å². The van der Waals surface area contributed by atoms with Crippen LogP contribution in [0.5, 0.6) is 5.75 Å². The fourth-order valence-electron chi connectivity index (χ4n) is 4.78. The van der Waals surface area contributed by atoms with Gasteiger partial charge in [-0.25, -0.2) is 0 Å². The number of fused-ring (bicyclic) bond motifs is 2. The number of nitrogens with one attached hydrogen (secondary N) is 1. The van der Waals surface area contributed by atoms with Crippen LogP contribution < -0.4 is 10.1 Å². The molecule has 32 heavy (non-hydrogen) atoms. The lowest BCUT2D eigenvalue weighted by Gasteiger charge is -2.29. The Morgan fingerprint density at radius 2 is 1.50 bits per heavy atom. The number of halogens is 1. The van der Waals surface area contributed by atoms with Crippen molar-refractivity contribution in [1.29, 1.82) is 0 Å². The summed E-state index contributed by atoms with van der Waals surface area (Å²) in [4.78, 5) is 14.0. The minimum absolute atomic E-state index is 0.00895. The van der Waals surface area contributed by atoms with E-state index in [2.05, 4.69) is 17.4 Å². The molecular formula is C28H24ClNO2. The summed E-state index contributed by atoms with van der Waals surface area (Å²) in [6.07, 6.45) is 1.32. The van der Waals surface area contributed by atoms with Crippen molar-refractivity contribution in [2.75, 3.05) is 11.9 Å². The van der Waals surface area contributed by atoms with Crippen LogP contribution in [-0.4, -0.2) is 12.5 Å². The molecule has 4 heteroatoms. The van der Waals surface area contributed by atoms with Crippen LogP contribution in [0.4, 0.5) is 5.69 Å². The van der Waals surface area contributed by atoms with E-state index >= 15 is 0 Å². The monoisotopic (exact) mass is 441 g/mol. The lowest BCUT2D eigenvalue weighted by atomic mass is 9.76. The predicted octanol–water partition coefficient (Wildman–Crippen LogP) is 6.57. The van der Waals surface area contributed by atoms with Gasteiger partial charge < -0.3 is 10.1 Å². The van der Waals surface area contributed by atoms with Crippen LogP contribution in [0.3, 0.4) is 0 Å². The third kappa shape index (κ3) is 3.53. The van der Waals surface area contributed by atoms with Crippen molar-refractivity contribution in [3.8, 4) is 5.75 Å². The number of ether oxygens (including phenoxy) is 1. The smallest absolute Gasteiger partial charge is 0.235 e. The Bertz CT molecular complexity index is 1270. The quantitative estimate of drug-likeness (QED) is 0.380. The van der Waals surface area contributed by atoms with E-state index in [1.54, 1.807) is 0 Å². The van der Waals surface area contributed by atoms with Gasteiger partial charge in [-0.05, 0) is 60.7 Å². The highest BCUT2D eigenvalue weighted by Crippen LogP contribution is 2.42. The molecule has 0 aromatic heterocycles. The standard InChI is InChI=1S/C28H24ClNO2/c1-2-32-26-16-15-25(23-9-5-6-10-24(23)26)30-27(31)28(21-11-13-22(29)14-12-21)17-19-7-3-4-8-20(19)18-28/h3-16H,2,17-18H2,1H3,(H,30,31). The van der Waals surface area contributed by atoms with Crippen LogP contribution in [0, 0.1) is 0 Å². The number of anilines is 1. The lowest BCUT2D eigenvalue weighted by molar-refractivity contribution is -0.121. The molecule has 1 amide bonds. The molecule has 1 aliphatic carbocycles. The van der Waals surface area contributed by atoms with Crippen molar-refractivity contribution < 1.29 is 9.53 Å². The fraction of sp³-hybridized carbons (Fsp3) is 0.179. The van der Waals surface area contributed by atoms with Crippen LogP contribution >= 0.6 is 11.6 Å². The maximum Gasteiger partial charge on any atom is 0.235 e. The minimum Gasteiger partial charge on any atom is -0.493 e. The molecule has 0 saturated carbocycles. The molecule has 0 unspecified atom stereocenters. The molecule has 5 rings (SSSR count). The van der Waals surface area contributed by atoms with Gasteiger partial charge in [-0.1, -0.05) is 72.3 Å². The molecule has 0 aliphatic heterocycles. The molecule has 0 heterocycles. The summed E-state index contributed by atoms with van der Waals surface area (Å²) in [5.41, 5.74) is 3.51. The van der Waals surface area contributed by atoms with E-state index in [0.717, 1.165) is 27.8 Å². The van der Waals surface area contributed by atoms with E-state index in [1.807, 2.05) is 79.7 Å². The van der Waals surface area contributed by atoms with Crippen molar-refractivity contribution >= 4 is 34.0 Å². The van der Waals surface area contributed by atoms with Crippen molar-refractivity contribution in [2.24, 2.45) is 0 Å². The maximum atomic E-state index is 14.0. The Balaban J connectivity index is 1.57. The topological polar surface area (TPSA) is 38.3 Å². The number of amides is 1. The SMILES string of the molecule is CCOc1ccc(NC(=O)C2(c3ccc(Cl)cc3)Cc3ccccc3C2)c2ccccc12. The van der Waals surface area contributed by atoms with Gasteiger partial charge in [0, 0.05) is 21.5 Å². The first-order valence-corrected chi connectivity index (χ1v) is 11.3. The van der Waals surface area contributed by atoms with Crippen LogP contribution in [0.15, 0.2) is 84.9 Å². The third-order valence-corrected chi connectivity index (χ3v) is 6.62. The number of rotatable bonds is 5. The molecule has 0 bridgehead atoms. The number of carbonyl (C=O) groups is 1. The molecule has 0 spiro atoms. The number of hydrogen-bond donors (Lipinski definition) is 1. The minimum atomic E-state index is -0.687. The summed E-state index contributed by atoms with van der Waals surface area (Å²) in [6.45, 7) is 2.56. The largest absolute Gasteiger partial charge is 0.493 e. The second kappa shape index (κ2) is 8.33. The van der Waals surface area contributed by atoms with E-state index in [9.17, 15) is 4.79 Å². The zero-order valence-electron chi connectivity index (χ0n) is 17.9. The number of carbonyl (C=O) groups excluding carboxylic acids is 1. The highest BCUT2D eigenvalue weighted by atomic mass is 35.5. The molecule has 3 nitrogen and oxygen atoms in total. The number of benzene rings is 4. The summed E-state index contributed by atoms with van der Waals surface area (Å²) in [6, 6.07) is 27.9. The Morgan fingerprint density at radius 1 is 0.875 bits per heavy atom. The lowest BCUT2D eigenvalue weighted by Crippen LogP contribution is -2.41. The molecule has 0 atom stereocenters. The van der Waals surface area contributed by atoms with Crippen LogP contribution in [0.25, 0.3) is 10.8 Å². The van der Waals surface area contributed by atoms with E-state index in [0.29, 0.717) is 24.5 Å². The van der Waals surface area contributed by atoms with Gasteiger partial charge in [0.1, 0.15) is 5.75 Å². The summed E-state index contributed by atoms with van der Waals surface area (Å²) in [7, 11) is 0. The zero-order valence-corrected chi connectivity index (χ0v) is 18.7. The first-order chi connectivity index (χ1) is 15.6. The van der Waals surface area contributed by atoms with Gasteiger partial charge in [0.25, 0.3) is 0 Å². The molecule has 4 aromatic carbocycles. The van der Waals surface area contributed by atoms with Crippen LogP contribution in [0.2, 0.25) is 5.02 Å². The first-order valence-electron chi connectivity index (χ1n) is 10.9. The highest BCUT2D eigenvalue weighted by Gasteiger charge is 2.45. The summed E-state index contributed by atoms with van der Waals surface area (Å²) < 4.78 is 5.80. The fourth-order valence-corrected chi connectivity index (χ4v) is 4.91. The van der Waals surface area contributed by atoms with Gasteiger partial charge in [-0.15, -0.1) is 0 Å². The molecule has 0 saturated heterocycles. The molecule has 1 N–H and O–H groups in total. The van der Waals surface area contributed by atoms with E-state index in [-0.39, 0.29) is 5.91 Å². The molecule has 4 aromatic rings. The Labute approximate surface area is 193 Å². The average molecular weight is 442 g/mol. The van der Waals surface area contributed by atoms with Gasteiger partial charge in [-0.3, -0.25) is 4.79 Å². The first kappa shape index (κ1) is 20.6. The predicted molar refractivity (Wildman–Crippen MR) is 131 cm³/mol. The molecule has 0 fully saturated rings. The van der Waals surface area contributed by atoms with Crippen molar-refractivity contribution in [3.63, 3.8) is 0 Å². The summed E-state index contributed by atoms with van der Waals surface area (Å²) >= 11 is 6.16.